The second-order valence-electron chi connectivity index (χ2n) is 5.77. The molecule has 0 aromatic heterocycles. The van der Waals surface area contributed by atoms with Gasteiger partial charge in [-0.25, -0.2) is 0 Å². The number of aliphatic hydroxyl groups is 2. The van der Waals surface area contributed by atoms with E-state index >= 15 is 0 Å². The Bertz CT molecular complexity index is 877. The molecule has 1 aliphatic rings. The smallest absolute Gasteiger partial charge is 0.295 e. The molecule has 26 heavy (non-hydrogen) atoms. The molecular weight excluding hydrogens is 422 g/mol. The average Bonchev–Trinajstić information content (AvgIpc) is 2.88. The van der Waals surface area contributed by atoms with Gasteiger partial charge in [-0.15, -0.1) is 0 Å². The normalized spacial score (nSPS) is 19.2. The van der Waals surface area contributed by atoms with Crippen molar-refractivity contribution in [1.29, 1.82) is 0 Å². The van der Waals surface area contributed by atoms with Gasteiger partial charge in [0.1, 0.15) is 5.76 Å². The predicted octanol–water partition coefficient (Wildman–Crippen LogP) is 3.52. The standard InChI is InChI=1S/C19H15BrClNO4/c20-13-5-1-12(2-6-13)17(24)15-16(11-3-7-14(21)8-4-11)22(9-10-23)19(26)18(15)25/h1-8,16,23-24H,9-10H2. The van der Waals surface area contributed by atoms with Gasteiger partial charge in [-0.05, 0) is 29.8 Å². The minimum absolute atomic E-state index is 0.00639. The summed E-state index contributed by atoms with van der Waals surface area (Å²) in [5.74, 6) is -1.78. The molecule has 0 aliphatic carbocycles. The molecule has 3 rings (SSSR count). The monoisotopic (exact) mass is 435 g/mol. The predicted molar refractivity (Wildman–Crippen MR) is 102 cm³/mol. The van der Waals surface area contributed by atoms with Gasteiger partial charge in [0.05, 0.1) is 18.2 Å². The fraction of sp³-hybridized carbons (Fsp3) is 0.158. The van der Waals surface area contributed by atoms with Gasteiger partial charge in [0.2, 0.25) is 0 Å². The number of aliphatic hydroxyl groups excluding tert-OH is 2. The summed E-state index contributed by atoms with van der Waals surface area (Å²) in [7, 11) is 0. The SMILES string of the molecule is O=C1C(=O)N(CCO)C(c2ccc(Cl)cc2)C1=C(O)c1ccc(Br)cc1. The number of Topliss-reactive ketones (excluding diaryl/α,β-unsaturated/α-hetero) is 1. The van der Waals surface area contributed by atoms with Crippen LogP contribution in [0.25, 0.3) is 5.76 Å². The Labute approximate surface area is 163 Å². The third-order valence-corrected chi connectivity index (χ3v) is 4.96. The van der Waals surface area contributed by atoms with Crippen LogP contribution in [0.5, 0.6) is 0 Å². The highest BCUT2D eigenvalue weighted by Gasteiger charge is 2.45. The summed E-state index contributed by atoms with van der Waals surface area (Å²) in [6, 6.07) is 12.7. The van der Waals surface area contributed by atoms with E-state index in [-0.39, 0.29) is 24.5 Å². The number of carbonyl (C=O) groups excluding carboxylic acids is 2. The topological polar surface area (TPSA) is 77.8 Å². The minimum Gasteiger partial charge on any atom is -0.507 e. The van der Waals surface area contributed by atoms with Gasteiger partial charge >= 0.3 is 0 Å². The van der Waals surface area contributed by atoms with Crippen molar-refractivity contribution in [2.75, 3.05) is 13.2 Å². The highest BCUT2D eigenvalue weighted by Crippen LogP contribution is 2.39. The zero-order valence-electron chi connectivity index (χ0n) is 13.5. The second kappa shape index (κ2) is 7.61. The zero-order valence-corrected chi connectivity index (χ0v) is 15.9. The lowest BCUT2D eigenvalue weighted by molar-refractivity contribution is -0.140. The zero-order chi connectivity index (χ0) is 18.8. The van der Waals surface area contributed by atoms with E-state index in [1.54, 1.807) is 48.5 Å². The summed E-state index contributed by atoms with van der Waals surface area (Å²) >= 11 is 9.25. The number of likely N-dealkylation sites (tertiary alicyclic amines) is 1. The fourth-order valence-electron chi connectivity index (χ4n) is 2.97. The maximum absolute atomic E-state index is 12.6. The first-order valence-electron chi connectivity index (χ1n) is 7.84. The molecule has 5 nitrogen and oxygen atoms in total. The molecule has 1 amide bonds. The quantitative estimate of drug-likeness (QED) is 0.437. The summed E-state index contributed by atoms with van der Waals surface area (Å²) in [6.45, 7) is -0.315. The summed E-state index contributed by atoms with van der Waals surface area (Å²) in [5, 5.41) is 20.6. The van der Waals surface area contributed by atoms with Crippen molar-refractivity contribution < 1.29 is 19.8 Å². The van der Waals surface area contributed by atoms with Crippen molar-refractivity contribution in [3.63, 3.8) is 0 Å². The number of hydrogen-bond acceptors (Lipinski definition) is 4. The fourth-order valence-corrected chi connectivity index (χ4v) is 3.36. The molecule has 2 aromatic rings. The molecule has 1 unspecified atom stereocenters. The van der Waals surface area contributed by atoms with Gasteiger partial charge in [-0.3, -0.25) is 9.59 Å². The highest BCUT2D eigenvalue weighted by molar-refractivity contribution is 9.10. The van der Waals surface area contributed by atoms with Gasteiger partial charge < -0.3 is 15.1 Å². The molecule has 7 heteroatoms. The maximum Gasteiger partial charge on any atom is 0.295 e. The van der Waals surface area contributed by atoms with Crippen molar-refractivity contribution in [3.8, 4) is 0 Å². The lowest BCUT2D eigenvalue weighted by atomic mass is 9.95. The van der Waals surface area contributed by atoms with E-state index in [0.717, 1.165) is 4.47 Å². The van der Waals surface area contributed by atoms with Crippen molar-refractivity contribution in [2.24, 2.45) is 0 Å². The van der Waals surface area contributed by atoms with E-state index < -0.39 is 17.7 Å². The molecule has 1 atom stereocenters. The Morgan fingerprint density at radius 1 is 1.08 bits per heavy atom. The van der Waals surface area contributed by atoms with E-state index in [0.29, 0.717) is 16.1 Å². The Balaban J connectivity index is 2.17. The molecule has 0 radical (unpaired) electrons. The van der Waals surface area contributed by atoms with Crippen LogP contribution in [0, 0.1) is 0 Å². The number of amides is 1. The number of halogens is 2. The van der Waals surface area contributed by atoms with Gasteiger partial charge in [0.15, 0.2) is 0 Å². The molecule has 1 heterocycles. The molecule has 2 aromatic carbocycles. The van der Waals surface area contributed by atoms with Crippen LogP contribution in [0.2, 0.25) is 5.02 Å². The Morgan fingerprint density at radius 2 is 1.69 bits per heavy atom. The van der Waals surface area contributed by atoms with Crippen molar-refractivity contribution >= 4 is 45.0 Å². The molecule has 0 bridgehead atoms. The molecule has 134 valence electrons. The van der Waals surface area contributed by atoms with E-state index in [2.05, 4.69) is 15.9 Å². The maximum atomic E-state index is 12.6. The summed E-state index contributed by atoms with van der Waals surface area (Å²) in [4.78, 5) is 26.3. The number of rotatable bonds is 4. The van der Waals surface area contributed by atoms with E-state index in [1.807, 2.05) is 0 Å². The third kappa shape index (κ3) is 3.40. The van der Waals surface area contributed by atoms with Crippen molar-refractivity contribution in [1.82, 2.24) is 4.90 Å². The number of ketones is 1. The Kier molecular flexibility index (Phi) is 5.46. The molecule has 0 saturated carbocycles. The van der Waals surface area contributed by atoms with Gasteiger partial charge in [0, 0.05) is 21.6 Å². The van der Waals surface area contributed by atoms with Crippen LogP contribution < -0.4 is 0 Å². The third-order valence-electron chi connectivity index (χ3n) is 4.18. The summed E-state index contributed by atoms with van der Waals surface area (Å²) in [6.07, 6.45) is 0. The molecule has 0 spiro atoms. The highest BCUT2D eigenvalue weighted by atomic mass is 79.9. The number of nitrogens with zero attached hydrogens (tertiary/aromatic N) is 1. The summed E-state index contributed by atoms with van der Waals surface area (Å²) < 4.78 is 0.823. The lowest BCUT2D eigenvalue weighted by Gasteiger charge is -2.24. The molecule has 1 fully saturated rings. The van der Waals surface area contributed by atoms with Crippen LogP contribution in [0.3, 0.4) is 0 Å². The molecule has 1 saturated heterocycles. The first-order chi connectivity index (χ1) is 12.4. The van der Waals surface area contributed by atoms with E-state index in [9.17, 15) is 19.8 Å². The van der Waals surface area contributed by atoms with Crippen LogP contribution in [-0.4, -0.2) is 40.0 Å². The van der Waals surface area contributed by atoms with E-state index in [4.69, 9.17) is 11.6 Å². The van der Waals surface area contributed by atoms with Crippen molar-refractivity contribution in [3.05, 3.63) is 74.7 Å². The van der Waals surface area contributed by atoms with Crippen LogP contribution in [0.4, 0.5) is 0 Å². The lowest BCUT2D eigenvalue weighted by Crippen LogP contribution is -2.32. The van der Waals surface area contributed by atoms with Crippen LogP contribution in [0.15, 0.2) is 58.6 Å². The molecular formula is C19H15BrClNO4. The molecule has 1 aliphatic heterocycles. The van der Waals surface area contributed by atoms with Gasteiger partial charge in [-0.2, -0.15) is 0 Å². The first-order valence-corrected chi connectivity index (χ1v) is 9.02. The second-order valence-corrected chi connectivity index (χ2v) is 7.13. The van der Waals surface area contributed by atoms with Crippen LogP contribution >= 0.6 is 27.5 Å². The summed E-state index contributed by atoms with van der Waals surface area (Å²) in [5.41, 5.74) is 1.04. The Hall–Kier alpha value is -2.15. The average molecular weight is 437 g/mol. The largest absolute Gasteiger partial charge is 0.507 e. The number of hydrogen-bond donors (Lipinski definition) is 2. The number of benzene rings is 2. The van der Waals surface area contributed by atoms with Crippen molar-refractivity contribution in [2.45, 2.75) is 6.04 Å². The Morgan fingerprint density at radius 3 is 2.27 bits per heavy atom. The minimum atomic E-state index is -0.789. The number of β-amino-alcohol motifs (C(OH)–C–C–N with tert-alkyl or cyclic N) is 1. The van der Waals surface area contributed by atoms with Crippen LogP contribution in [0.1, 0.15) is 17.2 Å². The van der Waals surface area contributed by atoms with Gasteiger partial charge in [0.25, 0.3) is 11.7 Å². The first kappa shape index (κ1) is 18.6. The van der Waals surface area contributed by atoms with E-state index in [1.165, 1.54) is 4.90 Å². The van der Waals surface area contributed by atoms with Gasteiger partial charge in [-0.1, -0.05) is 51.8 Å². The molecule has 2 N–H and O–H groups in total. The number of carbonyl (C=O) groups is 2. The van der Waals surface area contributed by atoms with Crippen LogP contribution in [-0.2, 0) is 9.59 Å².